The highest BCUT2D eigenvalue weighted by Crippen LogP contribution is 2.16. The first-order valence-corrected chi connectivity index (χ1v) is 10.7. The van der Waals surface area contributed by atoms with E-state index in [1.54, 1.807) is 6.20 Å². The Morgan fingerprint density at radius 1 is 1.06 bits per heavy atom. The van der Waals surface area contributed by atoms with Crippen molar-refractivity contribution in [2.45, 2.75) is 26.7 Å². The lowest BCUT2D eigenvalue weighted by atomic mass is 10.2. The van der Waals surface area contributed by atoms with E-state index >= 15 is 0 Å². The van der Waals surface area contributed by atoms with E-state index in [1.165, 1.54) is 0 Å². The zero-order valence-electron chi connectivity index (χ0n) is 18.0. The van der Waals surface area contributed by atoms with Gasteiger partial charge in [0.1, 0.15) is 17.2 Å². The summed E-state index contributed by atoms with van der Waals surface area (Å²) in [6.45, 7) is 7.24. The lowest BCUT2D eigenvalue weighted by Gasteiger charge is -2.35. The molecular weight excluding hydrogens is 392 g/mol. The number of anilines is 1. The van der Waals surface area contributed by atoms with Crippen LogP contribution in [0.25, 0.3) is 5.65 Å². The fourth-order valence-corrected chi connectivity index (χ4v) is 4.00. The molecule has 8 nitrogen and oxygen atoms in total. The Bertz CT molecular complexity index is 1070. The molecular formula is C23H28N6O2. The number of hydrogen-bond donors (Lipinski definition) is 1. The maximum atomic E-state index is 12.7. The number of imidazole rings is 1. The second kappa shape index (κ2) is 9.16. The molecule has 0 atom stereocenters. The van der Waals surface area contributed by atoms with Crippen molar-refractivity contribution in [2.24, 2.45) is 0 Å². The summed E-state index contributed by atoms with van der Waals surface area (Å²) < 4.78 is 1.83. The minimum Gasteiger partial charge on any atom is -0.353 e. The molecule has 3 aromatic rings. The highest BCUT2D eigenvalue weighted by atomic mass is 16.2. The van der Waals surface area contributed by atoms with Crippen molar-refractivity contribution in [2.75, 3.05) is 37.6 Å². The van der Waals surface area contributed by atoms with Gasteiger partial charge < -0.3 is 15.1 Å². The fourth-order valence-electron chi connectivity index (χ4n) is 4.00. The summed E-state index contributed by atoms with van der Waals surface area (Å²) in [5.74, 6) is 0.929. The second-order valence-corrected chi connectivity index (χ2v) is 7.85. The van der Waals surface area contributed by atoms with Crippen LogP contribution in [0.5, 0.6) is 0 Å². The molecule has 0 spiro atoms. The minimum absolute atomic E-state index is 0.136. The summed E-state index contributed by atoms with van der Waals surface area (Å²) >= 11 is 0. The number of carbonyl (C=O) groups is 2. The number of amides is 2. The van der Waals surface area contributed by atoms with Gasteiger partial charge in [-0.25, -0.2) is 9.97 Å². The third-order valence-corrected chi connectivity index (χ3v) is 5.69. The molecule has 1 aliphatic rings. The Morgan fingerprint density at radius 3 is 2.61 bits per heavy atom. The van der Waals surface area contributed by atoms with Crippen LogP contribution in [-0.4, -0.2) is 63.8 Å². The van der Waals surface area contributed by atoms with E-state index in [1.807, 2.05) is 59.7 Å². The van der Waals surface area contributed by atoms with Crippen molar-refractivity contribution in [1.82, 2.24) is 24.6 Å². The van der Waals surface area contributed by atoms with Gasteiger partial charge in [0.15, 0.2) is 0 Å². The standard InChI is InChI=1S/C23H28N6O2/c1-17-7-6-12-29-21(18(2)26-22(17)29)23(31)25-11-5-9-20(30)28-15-13-27(14-16-28)19-8-3-4-10-24-19/h3-4,6-8,10,12H,5,9,11,13-16H2,1-2H3,(H,25,31). The predicted octanol–water partition coefficient (Wildman–Crippen LogP) is 2.20. The van der Waals surface area contributed by atoms with Crippen LogP contribution in [0.2, 0.25) is 0 Å². The average molecular weight is 421 g/mol. The van der Waals surface area contributed by atoms with Gasteiger partial charge in [0.05, 0.1) is 5.69 Å². The fraction of sp³-hybridized carbons (Fsp3) is 0.391. The number of nitrogens with one attached hydrogen (secondary N) is 1. The van der Waals surface area contributed by atoms with E-state index in [4.69, 9.17) is 0 Å². The molecule has 162 valence electrons. The maximum absolute atomic E-state index is 12.7. The van der Waals surface area contributed by atoms with Crippen LogP contribution in [0.15, 0.2) is 42.7 Å². The van der Waals surface area contributed by atoms with Crippen LogP contribution in [0, 0.1) is 13.8 Å². The summed E-state index contributed by atoms with van der Waals surface area (Å²) in [6.07, 6.45) is 4.68. The van der Waals surface area contributed by atoms with Gasteiger partial charge in [0.2, 0.25) is 5.91 Å². The van der Waals surface area contributed by atoms with Gasteiger partial charge in [-0.1, -0.05) is 12.1 Å². The van der Waals surface area contributed by atoms with Gasteiger partial charge in [-0.2, -0.15) is 0 Å². The molecule has 4 heterocycles. The monoisotopic (exact) mass is 420 g/mol. The van der Waals surface area contributed by atoms with Crippen LogP contribution in [-0.2, 0) is 4.79 Å². The topological polar surface area (TPSA) is 82.8 Å². The number of rotatable bonds is 6. The summed E-state index contributed by atoms with van der Waals surface area (Å²) in [5, 5.41) is 2.94. The van der Waals surface area contributed by atoms with Crippen molar-refractivity contribution in [1.29, 1.82) is 0 Å². The van der Waals surface area contributed by atoms with Gasteiger partial charge in [0.25, 0.3) is 5.91 Å². The summed E-state index contributed by atoms with van der Waals surface area (Å²) in [4.78, 5) is 38.2. The molecule has 0 aliphatic carbocycles. The number of aryl methyl sites for hydroxylation is 2. The Labute approximate surface area is 181 Å². The molecule has 0 aromatic carbocycles. The molecule has 1 N–H and O–H groups in total. The van der Waals surface area contributed by atoms with Crippen LogP contribution < -0.4 is 10.2 Å². The predicted molar refractivity (Wildman–Crippen MR) is 119 cm³/mol. The number of piperazine rings is 1. The first-order valence-electron chi connectivity index (χ1n) is 10.7. The molecule has 4 rings (SSSR count). The normalized spacial score (nSPS) is 14.1. The van der Waals surface area contributed by atoms with E-state index in [2.05, 4.69) is 20.2 Å². The van der Waals surface area contributed by atoms with Crippen LogP contribution in [0.4, 0.5) is 5.82 Å². The summed E-state index contributed by atoms with van der Waals surface area (Å²) in [7, 11) is 0. The number of nitrogens with zero attached hydrogens (tertiary/aromatic N) is 5. The number of pyridine rings is 2. The van der Waals surface area contributed by atoms with Crippen molar-refractivity contribution in [3.63, 3.8) is 0 Å². The van der Waals surface area contributed by atoms with Gasteiger partial charge >= 0.3 is 0 Å². The van der Waals surface area contributed by atoms with Gasteiger partial charge in [-0.05, 0) is 44.0 Å². The minimum atomic E-state index is -0.160. The van der Waals surface area contributed by atoms with Gasteiger partial charge in [-0.3, -0.25) is 14.0 Å². The van der Waals surface area contributed by atoms with E-state index < -0.39 is 0 Å². The molecule has 0 radical (unpaired) electrons. The largest absolute Gasteiger partial charge is 0.353 e. The molecule has 0 saturated carbocycles. The number of aromatic nitrogens is 3. The van der Waals surface area contributed by atoms with E-state index in [0.717, 1.165) is 30.1 Å². The second-order valence-electron chi connectivity index (χ2n) is 7.85. The van der Waals surface area contributed by atoms with Crippen molar-refractivity contribution in [3.8, 4) is 0 Å². The van der Waals surface area contributed by atoms with Crippen LogP contribution in [0.1, 0.15) is 34.6 Å². The summed E-state index contributed by atoms with van der Waals surface area (Å²) in [6, 6.07) is 9.76. The maximum Gasteiger partial charge on any atom is 0.270 e. The first kappa shape index (κ1) is 20.8. The molecule has 8 heteroatoms. The quantitative estimate of drug-likeness (QED) is 0.618. The molecule has 1 fully saturated rings. The van der Waals surface area contributed by atoms with Crippen LogP contribution >= 0.6 is 0 Å². The molecule has 2 amide bonds. The highest BCUT2D eigenvalue weighted by molar-refractivity contribution is 5.94. The smallest absolute Gasteiger partial charge is 0.270 e. The first-order chi connectivity index (χ1) is 15.0. The number of fused-ring (bicyclic) bond motifs is 1. The molecule has 0 unspecified atom stereocenters. The summed E-state index contributed by atoms with van der Waals surface area (Å²) in [5.41, 5.74) is 3.08. The lowest BCUT2D eigenvalue weighted by molar-refractivity contribution is -0.131. The Balaban J connectivity index is 1.23. The molecule has 1 aliphatic heterocycles. The molecule has 31 heavy (non-hydrogen) atoms. The molecule has 0 bridgehead atoms. The zero-order chi connectivity index (χ0) is 21.8. The lowest BCUT2D eigenvalue weighted by Crippen LogP contribution is -2.49. The molecule has 1 saturated heterocycles. The Morgan fingerprint density at radius 2 is 1.87 bits per heavy atom. The van der Waals surface area contributed by atoms with Gasteiger partial charge in [-0.15, -0.1) is 0 Å². The van der Waals surface area contributed by atoms with E-state index in [9.17, 15) is 9.59 Å². The zero-order valence-corrected chi connectivity index (χ0v) is 18.0. The number of carbonyl (C=O) groups excluding carboxylic acids is 2. The third kappa shape index (κ3) is 4.52. The van der Waals surface area contributed by atoms with Crippen molar-refractivity contribution in [3.05, 3.63) is 59.7 Å². The van der Waals surface area contributed by atoms with Crippen molar-refractivity contribution >= 4 is 23.3 Å². The highest BCUT2D eigenvalue weighted by Gasteiger charge is 2.22. The average Bonchev–Trinajstić information content (AvgIpc) is 3.14. The Hall–Kier alpha value is -3.42. The van der Waals surface area contributed by atoms with Crippen LogP contribution in [0.3, 0.4) is 0 Å². The van der Waals surface area contributed by atoms with Gasteiger partial charge in [0, 0.05) is 51.5 Å². The Kier molecular flexibility index (Phi) is 6.16. The van der Waals surface area contributed by atoms with E-state index in [-0.39, 0.29) is 11.8 Å². The van der Waals surface area contributed by atoms with Crippen molar-refractivity contribution < 1.29 is 9.59 Å². The number of hydrogen-bond acceptors (Lipinski definition) is 5. The molecule has 3 aromatic heterocycles. The van der Waals surface area contributed by atoms with E-state index in [0.29, 0.717) is 43.9 Å². The third-order valence-electron chi connectivity index (χ3n) is 5.69. The SMILES string of the molecule is Cc1nc2c(C)cccn2c1C(=O)NCCCC(=O)N1CCN(c2ccccn2)CC1.